The predicted octanol–water partition coefficient (Wildman–Crippen LogP) is 4.57. The van der Waals surface area contributed by atoms with Gasteiger partial charge in [0, 0.05) is 23.4 Å². The summed E-state index contributed by atoms with van der Waals surface area (Å²) < 4.78 is 34.2. The summed E-state index contributed by atoms with van der Waals surface area (Å²) in [5.74, 6) is 1.48. The van der Waals surface area contributed by atoms with Gasteiger partial charge in [-0.15, -0.1) is 0 Å². The van der Waals surface area contributed by atoms with Crippen LogP contribution in [0.5, 0.6) is 23.0 Å². The van der Waals surface area contributed by atoms with Crippen molar-refractivity contribution in [1.29, 1.82) is 0 Å². The van der Waals surface area contributed by atoms with E-state index >= 15 is 0 Å². The Kier molecular flexibility index (Phi) is 6.93. The molecule has 4 aromatic rings. The highest BCUT2D eigenvalue weighted by molar-refractivity contribution is 9.10. The van der Waals surface area contributed by atoms with Gasteiger partial charge in [-0.1, -0.05) is 6.07 Å². The highest BCUT2D eigenvalue weighted by Gasteiger charge is 2.27. The van der Waals surface area contributed by atoms with Crippen molar-refractivity contribution in [2.45, 2.75) is 13.0 Å². The number of aryl methyl sites for hydroxylation is 2. The first-order valence-electron chi connectivity index (χ1n) is 10.6. The van der Waals surface area contributed by atoms with Crippen molar-refractivity contribution < 1.29 is 32.9 Å². The molecule has 184 valence electrons. The van der Waals surface area contributed by atoms with Gasteiger partial charge in [0.1, 0.15) is 16.8 Å². The number of rotatable bonds is 8. The number of fused-ring (bicyclic) bond motifs is 3. The molecule has 0 aliphatic rings. The molecule has 2 aromatic heterocycles. The molecule has 9 nitrogen and oxygen atoms in total. The minimum Gasteiger partial charge on any atom is -0.493 e. The van der Waals surface area contributed by atoms with E-state index < -0.39 is 11.6 Å². The summed E-state index contributed by atoms with van der Waals surface area (Å²) >= 11 is 3.54. The monoisotopic (exact) mass is 545 g/mol. The number of nitrogens with zero attached hydrogens (tertiary/aromatic N) is 1. The van der Waals surface area contributed by atoms with Crippen LogP contribution in [-0.4, -0.2) is 46.1 Å². The third kappa shape index (κ3) is 4.18. The van der Waals surface area contributed by atoms with E-state index in [1.807, 2.05) is 12.1 Å². The highest BCUT2D eigenvalue weighted by Crippen LogP contribution is 2.40. The number of hydrogen-bond acceptors (Lipinski definition) is 8. The zero-order valence-corrected chi connectivity index (χ0v) is 21.5. The molecular weight excluding hydrogens is 522 g/mol. The third-order valence-electron chi connectivity index (χ3n) is 5.81. The van der Waals surface area contributed by atoms with Crippen LogP contribution in [-0.2, 0) is 17.7 Å². The number of benzene rings is 2. The van der Waals surface area contributed by atoms with Crippen molar-refractivity contribution in [2.75, 3.05) is 35.5 Å². The van der Waals surface area contributed by atoms with Crippen molar-refractivity contribution in [3.8, 4) is 23.0 Å². The molecule has 0 saturated heterocycles. The number of esters is 1. The molecule has 0 spiro atoms. The van der Waals surface area contributed by atoms with Gasteiger partial charge in [0.05, 0.1) is 40.0 Å². The summed E-state index contributed by atoms with van der Waals surface area (Å²) in [5.41, 5.74) is 1.07. The molecule has 0 aliphatic heterocycles. The second kappa shape index (κ2) is 9.91. The molecule has 0 unspecified atom stereocenters. The zero-order valence-electron chi connectivity index (χ0n) is 19.9. The van der Waals surface area contributed by atoms with Crippen molar-refractivity contribution in [3.05, 3.63) is 56.5 Å². The normalized spacial score (nSPS) is 11.0. The van der Waals surface area contributed by atoms with Crippen molar-refractivity contribution in [1.82, 2.24) is 4.57 Å². The smallest absolute Gasteiger partial charge is 0.361 e. The Labute approximate surface area is 209 Å². The Bertz CT molecular complexity index is 1490. The summed E-state index contributed by atoms with van der Waals surface area (Å²) in [6.07, 6.45) is 0.490. The van der Waals surface area contributed by atoms with Crippen molar-refractivity contribution in [2.24, 2.45) is 0 Å². The molecule has 0 amide bonds. The second-order valence-electron chi connectivity index (χ2n) is 7.56. The number of carbonyl (C=O) groups is 1. The van der Waals surface area contributed by atoms with Gasteiger partial charge in [-0.25, -0.2) is 9.59 Å². The Morgan fingerprint density at radius 1 is 0.914 bits per heavy atom. The molecule has 0 aliphatic carbocycles. The average Bonchev–Trinajstić information content (AvgIpc) is 3.18. The van der Waals surface area contributed by atoms with Gasteiger partial charge in [0.25, 0.3) is 0 Å². The van der Waals surface area contributed by atoms with Gasteiger partial charge >= 0.3 is 11.6 Å². The molecule has 35 heavy (non-hydrogen) atoms. The summed E-state index contributed by atoms with van der Waals surface area (Å²) in [7, 11) is 7.43. The van der Waals surface area contributed by atoms with Crippen LogP contribution >= 0.6 is 15.9 Å². The fourth-order valence-electron chi connectivity index (χ4n) is 4.13. The largest absolute Gasteiger partial charge is 0.493 e. The fourth-order valence-corrected chi connectivity index (χ4v) is 4.91. The number of hydrogen-bond donors (Lipinski definition) is 0. The Balaban J connectivity index is 1.93. The quantitative estimate of drug-likeness (QED) is 0.234. The van der Waals surface area contributed by atoms with Crippen molar-refractivity contribution >= 4 is 43.8 Å². The Hall–Kier alpha value is -3.66. The summed E-state index contributed by atoms with van der Waals surface area (Å²) in [6, 6.07) is 8.85. The standard InChI is InChI=1S/C25H24BrNO8/c1-30-15-7-6-13(10-17(15)31-2)8-9-27-22-20(21(26)23(27)24(28)34-5)14-11-18(32-3)19(33-4)12-16(14)35-25(22)29/h6-7,10-12H,8-9H2,1-5H3. The summed E-state index contributed by atoms with van der Waals surface area (Å²) in [4.78, 5) is 26.0. The molecule has 0 radical (unpaired) electrons. The number of carbonyl (C=O) groups excluding carboxylic acids is 1. The molecule has 0 atom stereocenters. The maximum absolute atomic E-state index is 13.2. The van der Waals surface area contributed by atoms with Gasteiger partial charge < -0.3 is 32.7 Å². The first-order valence-corrected chi connectivity index (χ1v) is 11.4. The topological polar surface area (TPSA) is 98.4 Å². The summed E-state index contributed by atoms with van der Waals surface area (Å²) in [6.45, 7) is 0.297. The minimum absolute atomic E-state index is 0.206. The maximum atomic E-state index is 13.2. The van der Waals surface area contributed by atoms with E-state index in [-0.39, 0.29) is 11.2 Å². The lowest BCUT2D eigenvalue weighted by Gasteiger charge is -2.12. The first-order chi connectivity index (χ1) is 16.9. The lowest BCUT2D eigenvalue weighted by Crippen LogP contribution is -2.15. The van der Waals surface area contributed by atoms with E-state index in [0.29, 0.717) is 56.8 Å². The molecule has 0 saturated carbocycles. The average molecular weight is 546 g/mol. The van der Waals surface area contributed by atoms with Crippen LogP contribution < -0.4 is 24.6 Å². The first kappa shape index (κ1) is 24.5. The molecule has 0 bridgehead atoms. The van der Waals surface area contributed by atoms with Gasteiger partial charge in [-0.05, 0) is 46.1 Å². The van der Waals surface area contributed by atoms with Crippen LogP contribution in [0.15, 0.2) is 44.0 Å². The zero-order chi connectivity index (χ0) is 25.3. The number of methoxy groups -OCH3 is 5. The SMILES string of the molecule is COC(=O)c1c(Br)c2c3cc(OC)c(OC)cc3oc(=O)c2n1CCc1ccc(OC)c(OC)c1. The van der Waals surface area contributed by atoms with E-state index in [1.54, 1.807) is 37.0 Å². The van der Waals surface area contributed by atoms with E-state index in [2.05, 4.69) is 15.9 Å². The van der Waals surface area contributed by atoms with Crippen LogP contribution in [0.4, 0.5) is 0 Å². The van der Waals surface area contributed by atoms with E-state index in [1.165, 1.54) is 21.3 Å². The lowest BCUT2D eigenvalue weighted by atomic mass is 10.1. The molecular formula is C25H24BrNO8. The van der Waals surface area contributed by atoms with Crippen LogP contribution in [0.25, 0.3) is 21.9 Å². The molecule has 2 heterocycles. The fraction of sp³-hybridized carbons (Fsp3) is 0.280. The number of ether oxygens (including phenoxy) is 5. The Morgan fingerprint density at radius 2 is 1.54 bits per heavy atom. The molecule has 0 N–H and O–H groups in total. The molecule has 10 heteroatoms. The molecule has 2 aromatic carbocycles. The van der Waals surface area contributed by atoms with Crippen LogP contribution in [0.2, 0.25) is 0 Å². The van der Waals surface area contributed by atoms with Crippen LogP contribution in [0, 0.1) is 0 Å². The van der Waals surface area contributed by atoms with Crippen molar-refractivity contribution in [3.63, 3.8) is 0 Å². The van der Waals surface area contributed by atoms with Crippen LogP contribution in [0.3, 0.4) is 0 Å². The van der Waals surface area contributed by atoms with E-state index in [4.69, 9.17) is 28.1 Å². The van der Waals surface area contributed by atoms with E-state index in [0.717, 1.165) is 5.56 Å². The molecule has 0 fully saturated rings. The number of aromatic nitrogens is 1. The van der Waals surface area contributed by atoms with Gasteiger partial charge in [-0.3, -0.25) is 0 Å². The van der Waals surface area contributed by atoms with Gasteiger partial charge in [0.2, 0.25) is 0 Å². The minimum atomic E-state index is -0.595. The summed E-state index contributed by atoms with van der Waals surface area (Å²) in [5, 5.41) is 1.10. The third-order valence-corrected chi connectivity index (χ3v) is 6.58. The number of halogens is 1. The second-order valence-corrected chi connectivity index (χ2v) is 8.35. The van der Waals surface area contributed by atoms with Gasteiger partial charge in [0.15, 0.2) is 23.0 Å². The predicted molar refractivity (Wildman–Crippen MR) is 133 cm³/mol. The maximum Gasteiger partial charge on any atom is 0.361 e. The van der Waals surface area contributed by atoms with Crippen LogP contribution in [0.1, 0.15) is 16.1 Å². The van der Waals surface area contributed by atoms with Gasteiger partial charge in [-0.2, -0.15) is 0 Å². The highest BCUT2D eigenvalue weighted by atomic mass is 79.9. The van der Waals surface area contributed by atoms with E-state index in [9.17, 15) is 9.59 Å². The molecule has 4 rings (SSSR count). The Morgan fingerprint density at radius 3 is 2.17 bits per heavy atom. The lowest BCUT2D eigenvalue weighted by molar-refractivity contribution is 0.0588.